The zero-order chi connectivity index (χ0) is 24.1. The van der Waals surface area contributed by atoms with E-state index in [1.54, 1.807) is 6.07 Å². The maximum atomic E-state index is 13.2. The second-order valence-corrected chi connectivity index (χ2v) is 10.7. The van der Waals surface area contributed by atoms with Crippen molar-refractivity contribution in [3.05, 3.63) is 59.2 Å². The number of methoxy groups -OCH3 is 1. The fraction of sp³-hybridized carbons (Fsp3) is 0.480. The molecular weight excluding hydrogens is 454 g/mol. The molecular formula is C25H33N3O5S. The fourth-order valence-corrected chi connectivity index (χ4v) is 5.98. The number of benzene rings is 2. The van der Waals surface area contributed by atoms with Crippen LogP contribution in [0, 0.1) is 6.92 Å². The van der Waals surface area contributed by atoms with Crippen molar-refractivity contribution in [2.75, 3.05) is 53.0 Å². The van der Waals surface area contributed by atoms with Crippen molar-refractivity contribution in [1.82, 2.24) is 14.5 Å². The minimum absolute atomic E-state index is 0.0540. The molecule has 2 aliphatic heterocycles. The SMILES string of the molecule is COc1ccc(S(=O)(=O)N2CCOCC2)cc1C(=O)NCC(c1ccc(C)cc1)N1CCCC1. The van der Waals surface area contributed by atoms with Crippen molar-refractivity contribution >= 4 is 15.9 Å². The van der Waals surface area contributed by atoms with Crippen molar-refractivity contribution in [3.8, 4) is 5.75 Å². The normalized spacial score (nSPS) is 18.5. The summed E-state index contributed by atoms with van der Waals surface area (Å²) in [6, 6.07) is 12.9. The molecule has 9 heteroatoms. The lowest BCUT2D eigenvalue weighted by Crippen LogP contribution is -2.40. The topological polar surface area (TPSA) is 88.2 Å². The van der Waals surface area contributed by atoms with E-state index in [1.807, 2.05) is 0 Å². The van der Waals surface area contributed by atoms with Gasteiger partial charge in [-0.15, -0.1) is 0 Å². The van der Waals surface area contributed by atoms with Gasteiger partial charge in [-0.2, -0.15) is 4.31 Å². The summed E-state index contributed by atoms with van der Waals surface area (Å²) < 4.78 is 38.3. The van der Waals surface area contributed by atoms with Crippen LogP contribution in [0.1, 0.15) is 40.4 Å². The first-order valence-corrected chi connectivity index (χ1v) is 13.2. The largest absolute Gasteiger partial charge is 0.496 e. The van der Waals surface area contributed by atoms with Crippen LogP contribution in [0.2, 0.25) is 0 Å². The number of rotatable bonds is 8. The fourth-order valence-electron chi connectivity index (χ4n) is 4.55. The molecule has 0 aromatic heterocycles. The molecule has 1 unspecified atom stereocenters. The van der Waals surface area contributed by atoms with E-state index in [0.717, 1.165) is 31.5 Å². The predicted octanol–water partition coefficient (Wildman–Crippen LogP) is 2.59. The molecule has 2 aliphatic rings. The number of likely N-dealkylation sites (tertiary alicyclic amines) is 1. The lowest BCUT2D eigenvalue weighted by Gasteiger charge is -2.28. The van der Waals surface area contributed by atoms with Gasteiger partial charge in [0, 0.05) is 19.6 Å². The highest BCUT2D eigenvalue weighted by Gasteiger charge is 2.29. The number of hydrogen-bond donors (Lipinski definition) is 1. The molecule has 184 valence electrons. The molecule has 2 aromatic rings. The van der Waals surface area contributed by atoms with Crippen molar-refractivity contribution in [1.29, 1.82) is 0 Å². The molecule has 2 saturated heterocycles. The monoisotopic (exact) mass is 487 g/mol. The maximum Gasteiger partial charge on any atom is 0.255 e. The lowest BCUT2D eigenvalue weighted by atomic mass is 10.0. The van der Waals surface area contributed by atoms with E-state index in [-0.39, 0.29) is 22.4 Å². The average Bonchev–Trinajstić information content (AvgIpc) is 3.40. The third-order valence-corrected chi connectivity index (χ3v) is 8.42. The number of aryl methyl sites for hydroxylation is 1. The summed E-state index contributed by atoms with van der Waals surface area (Å²) in [5.41, 5.74) is 2.56. The second kappa shape index (κ2) is 10.9. The van der Waals surface area contributed by atoms with Crippen LogP contribution in [0.25, 0.3) is 0 Å². The molecule has 1 atom stereocenters. The van der Waals surface area contributed by atoms with Crippen LogP contribution < -0.4 is 10.1 Å². The Morgan fingerprint density at radius 3 is 2.38 bits per heavy atom. The first kappa shape index (κ1) is 24.7. The molecule has 2 heterocycles. The Kier molecular flexibility index (Phi) is 7.88. The minimum atomic E-state index is -3.72. The Bertz CT molecular complexity index is 1090. The molecule has 0 bridgehead atoms. The smallest absolute Gasteiger partial charge is 0.255 e. The lowest BCUT2D eigenvalue weighted by molar-refractivity contribution is 0.0730. The van der Waals surface area contributed by atoms with Gasteiger partial charge in [-0.25, -0.2) is 8.42 Å². The molecule has 2 fully saturated rings. The quantitative estimate of drug-likeness (QED) is 0.616. The van der Waals surface area contributed by atoms with Gasteiger partial charge in [-0.05, 0) is 56.6 Å². The number of ether oxygens (including phenoxy) is 2. The maximum absolute atomic E-state index is 13.2. The number of carbonyl (C=O) groups is 1. The van der Waals surface area contributed by atoms with Gasteiger partial charge >= 0.3 is 0 Å². The first-order valence-electron chi connectivity index (χ1n) is 11.7. The van der Waals surface area contributed by atoms with E-state index < -0.39 is 10.0 Å². The van der Waals surface area contributed by atoms with E-state index in [1.165, 1.54) is 29.1 Å². The third-order valence-electron chi connectivity index (χ3n) is 6.52. The van der Waals surface area contributed by atoms with Gasteiger partial charge in [-0.3, -0.25) is 9.69 Å². The highest BCUT2D eigenvalue weighted by Crippen LogP contribution is 2.27. The van der Waals surface area contributed by atoms with Crippen LogP contribution in [-0.2, 0) is 14.8 Å². The van der Waals surface area contributed by atoms with Gasteiger partial charge < -0.3 is 14.8 Å². The molecule has 8 nitrogen and oxygen atoms in total. The summed E-state index contributed by atoms with van der Waals surface area (Å²) in [5.74, 6) is -0.0151. The molecule has 1 N–H and O–H groups in total. The summed E-state index contributed by atoms with van der Waals surface area (Å²) >= 11 is 0. The number of nitrogens with one attached hydrogen (secondary N) is 1. The summed E-state index contributed by atoms with van der Waals surface area (Å²) in [5, 5.41) is 3.03. The van der Waals surface area contributed by atoms with E-state index in [4.69, 9.17) is 9.47 Å². The number of sulfonamides is 1. The Morgan fingerprint density at radius 1 is 1.06 bits per heavy atom. The van der Waals surface area contributed by atoms with Crippen molar-refractivity contribution in [2.45, 2.75) is 30.7 Å². The predicted molar refractivity (Wildman–Crippen MR) is 130 cm³/mol. The van der Waals surface area contributed by atoms with Gasteiger partial charge in [0.2, 0.25) is 10.0 Å². The van der Waals surface area contributed by atoms with Gasteiger partial charge in [0.05, 0.1) is 36.8 Å². The zero-order valence-corrected chi connectivity index (χ0v) is 20.6. The highest BCUT2D eigenvalue weighted by atomic mass is 32.2. The summed E-state index contributed by atoms with van der Waals surface area (Å²) in [6.45, 7) is 5.77. The van der Waals surface area contributed by atoms with Crippen molar-refractivity contribution in [3.63, 3.8) is 0 Å². The Balaban J connectivity index is 1.55. The molecule has 4 rings (SSSR count). The number of amides is 1. The number of nitrogens with zero attached hydrogens (tertiary/aromatic N) is 2. The van der Waals surface area contributed by atoms with Crippen LogP contribution in [0.3, 0.4) is 0 Å². The Morgan fingerprint density at radius 2 is 1.74 bits per heavy atom. The standard InChI is InChI=1S/C25H33N3O5S/c1-19-5-7-20(8-6-19)23(27-11-3-4-12-27)18-26-25(29)22-17-21(9-10-24(22)32-2)34(30,31)28-13-15-33-16-14-28/h5-10,17,23H,3-4,11-16,18H2,1-2H3,(H,26,29). The van der Waals surface area contributed by atoms with Gasteiger partial charge in [0.15, 0.2) is 0 Å². The minimum Gasteiger partial charge on any atom is -0.496 e. The van der Waals surface area contributed by atoms with E-state index in [0.29, 0.717) is 38.6 Å². The van der Waals surface area contributed by atoms with Crippen LogP contribution in [-0.4, -0.2) is 76.6 Å². The molecule has 1 amide bonds. The molecule has 0 radical (unpaired) electrons. The Hall–Kier alpha value is -2.46. The van der Waals surface area contributed by atoms with Gasteiger partial charge in [0.1, 0.15) is 5.75 Å². The summed E-state index contributed by atoms with van der Waals surface area (Å²) in [4.78, 5) is 15.7. The number of morpholine rings is 1. The second-order valence-electron chi connectivity index (χ2n) is 8.76. The molecule has 0 aliphatic carbocycles. The summed E-state index contributed by atoms with van der Waals surface area (Å²) in [6.07, 6.45) is 2.29. The van der Waals surface area contributed by atoms with Gasteiger partial charge in [-0.1, -0.05) is 29.8 Å². The number of carbonyl (C=O) groups excluding carboxylic acids is 1. The molecule has 2 aromatic carbocycles. The Labute approximate surface area is 201 Å². The van der Waals surface area contributed by atoms with E-state index in [9.17, 15) is 13.2 Å². The highest BCUT2D eigenvalue weighted by molar-refractivity contribution is 7.89. The molecule has 34 heavy (non-hydrogen) atoms. The van der Waals surface area contributed by atoms with Gasteiger partial charge in [0.25, 0.3) is 5.91 Å². The van der Waals surface area contributed by atoms with Crippen LogP contribution >= 0.6 is 0 Å². The first-order chi connectivity index (χ1) is 16.4. The molecule has 0 saturated carbocycles. The van der Waals surface area contributed by atoms with Crippen molar-refractivity contribution in [2.24, 2.45) is 0 Å². The van der Waals surface area contributed by atoms with Crippen LogP contribution in [0.15, 0.2) is 47.4 Å². The average molecular weight is 488 g/mol. The third kappa shape index (κ3) is 5.43. The summed E-state index contributed by atoms with van der Waals surface area (Å²) in [7, 11) is -2.25. The van der Waals surface area contributed by atoms with Crippen molar-refractivity contribution < 1.29 is 22.7 Å². The zero-order valence-electron chi connectivity index (χ0n) is 19.8. The van der Waals surface area contributed by atoms with E-state index in [2.05, 4.69) is 41.4 Å². The number of hydrogen-bond acceptors (Lipinski definition) is 6. The molecule has 0 spiro atoms. The van der Waals surface area contributed by atoms with E-state index >= 15 is 0 Å². The van der Waals surface area contributed by atoms with Crippen LogP contribution in [0.4, 0.5) is 0 Å². The van der Waals surface area contributed by atoms with Crippen LogP contribution in [0.5, 0.6) is 5.75 Å².